The molecule has 2 bridgehead atoms. The summed E-state index contributed by atoms with van der Waals surface area (Å²) in [6.45, 7) is 4.59. The molecule has 250 valence electrons. The minimum atomic E-state index is 0.104. The fourth-order valence-electron chi connectivity index (χ4n) is 9.19. The zero-order chi connectivity index (χ0) is 35.2. The summed E-state index contributed by atoms with van der Waals surface area (Å²) in [5.41, 5.74) is 20.6. The van der Waals surface area contributed by atoms with Crippen LogP contribution in [0.25, 0.3) is 10.8 Å². The smallest absolute Gasteiger partial charge is 0.252 e. The summed E-state index contributed by atoms with van der Waals surface area (Å²) in [6, 6.07) is 62.7. The van der Waals surface area contributed by atoms with E-state index < -0.39 is 0 Å². The number of rotatable bonds is 5. The van der Waals surface area contributed by atoms with Gasteiger partial charge in [-0.2, -0.15) is 0 Å². The molecule has 0 saturated carbocycles. The summed E-state index contributed by atoms with van der Waals surface area (Å²) < 4.78 is 0. The second-order valence-corrected chi connectivity index (χ2v) is 14.6. The Bertz CT molecular complexity index is 2730. The predicted molar refractivity (Wildman–Crippen MR) is 225 cm³/mol. The molecule has 2 heterocycles. The van der Waals surface area contributed by atoms with Crippen LogP contribution in [-0.4, -0.2) is 6.71 Å². The second kappa shape index (κ2) is 11.5. The van der Waals surface area contributed by atoms with E-state index in [1.165, 1.54) is 77.9 Å². The monoisotopic (exact) mass is 677 g/mol. The predicted octanol–water partition coefficient (Wildman–Crippen LogP) is 10.9. The average molecular weight is 678 g/mol. The average Bonchev–Trinajstić information content (AvgIpc) is 3.21. The molecule has 8 aromatic carbocycles. The molecule has 0 atom stereocenters. The summed E-state index contributed by atoms with van der Waals surface area (Å²) in [5, 5.41) is 2.45. The van der Waals surface area contributed by atoms with Crippen LogP contribution in [0.2, 0.25) is 0 Å². The van der Waals surface area contributed by atoms with Crippen LogP contribution < -0.4 is 31.1 Å². The number of nitrogens with zero attached hydrogens (tertiary/aromatic N) is 3. The van der Waals surface area contributed by atoms with Crippen LogP contribution in [0.5, 0.6) is 0 Å². The van der Waals surface area contributed by atoms with Crippen LogP contribution in [-0.2, 0) is 6.42 Å². The van der Waals surface area contributed by atoms with E-state index in [0.717, 1.165) is 29.2 Å². The van der Waals surface area contributed by atoms with Gasteiger partial charge in [0, 0.05) is 50.9 Å². The van der Waals surface area contributed by atoms with Crippen LogP contribution >= 0.6 is 0 Å². The topological polar surface area (TPSA) is 9.72 Å². The number of hydrogen-bond donors (Lipinski definition) is 0. The molecular formula is C49H36BN3. The van der Waals surface area contributed by atoms with Crippen LogP contribution in [0.15, 0.2) is 170 Å². The maximum Gasteiger partial charge on any atom is 0.252 e. The number of benzene rings is 8. The Morgan fingerprint density at radius 2 is 1.17 bits per heavy atom. The molecule has 0 aromatic heterocycles. The van der Waals surface area contributed by atoms with E-state index in [1.54, 1.807) is 0 Å². The molecule has 0 amide bonds. The van der Waals surface area contributed by atoms with Crippen molar-refractivity contribution in [3.05, 3.63) is 192 Å². The van der Waals surface area contributed by atoms with Gasteiger partial charge in [-0.25, -0.2) is 0 Å². The van der Waals surface area contributed by atoms with Crippen LogP contribution in [0.3, 0.4) is 0 Å². The van der Waals surface area contributed by atoms with Gasteiger partial charge in [0.25, 0.3) is 6.71 Å². The Morgan fingerprint density at radius 1 is 0.509 bits per heavy atom. The summed E-state index contributed by atoms with van der Waals surface area (Å²) >= 11 is 0. The van der Waals surface area contributed by atoms with Crippen molar-refractivity contribution in [1.29, 1.82) is 0 Å². The highest BCUT2D eigenvalue weighted by Gasteiger charge is 2.46. The third kappa shape index (κ3) is 4.42. The summed E-state index contributed by atoms with van der Waals surface area (Å²) in [4.78, 5) is 7.46. The third-order valence-corrected chi connectivity index (χ3v) is 11.7. The molecule has 0 radical (unpaired) electrons. The molecule has 0 saturated heterocycles. The van der Waals surface area contributed by atoms with E-state index in [0.29, 0.717) is 0 Å². The lowest BCUT2D eigenvalue weighted by atomic mass is 9.32. The molecule has 0 spiro atoms. The van der Waals surface area contributed by atoms with Gasteiger partial charge in [-0.05, 0) is 132 Å². The largest absolute Gasteiger partial charge is 0.311 e. The molecule has 2 aliphatic heterocycles. The number of anilines is 9. The first-order valence-corrected chi connectivity index (χ1v) is 18.6. The van der Waals surface area contributed by atoms with Crippen LogP contribution in [0.4, 0.5) is 51.2 Å². The van der Waals surface area contributed by atoms with E-state index in [-0.39, 0.29) is 6.71 Å². The van der Waals surface area contributed by atoms with E-state index in [9.17, 15) is 0 Å². The first kappa shape index (κ1) is 30.1. The molecule has 0 fully saturated rings. The molecule has 2 aliphatic carbocycles. The maximum absolute atomic E-state index is 2.52. The minimum absolute atomic E-state index is 0.104. The van der Waals surface area contributed by atoms with Gasteiger partial charge >= 0.3 is 0 Å². The van der Waals surface area contributed by atoms with Gasteiger partial charge in [0.15, 0.2) is 0 Å². The van der Waals surface area contributed by atoms with E-state index in [2.05, 4.69) is 198 Å². The molecular weight excluding hydrogens is 641 g/mol. The van der Waals surface area contributed by atoms with Crippen molar-refractivity contribution in [3.8, 4) is 0 Å². The Morgan fingerprint density at radius 3 is 1.94 bits per heavy atom. The Balaban J connectivity index is 1.20. The lowest BCUT2D eigenvalue weighted by Crippen LogP contribution is -2.63. The minimum Gasteiger partial charge on any atom is -0.311 e. The zero-order valence-corrected chi connectivity index (χ0v) is 29.8. The van der Waals surface area contributed by atoms with Crippen molar-refractivity contribution in [2.24, 2.45) is 0 Å². The summed E-state index contributed by atoms with van der Waals surface area (Å²) in [5.74, 6) is 0. The fourth-order valence-corrected chi connectivity index (χ4v) is 9.19. The van der Waals surface area contributed by atoms with Crippen molar-refractivity contribution >= 4 is 85.1 Å². The lowest BCUT2D eigenvalue weighted by Gasteiger charge is -2.46. The molecule has 0 unspecified atom stereocenters. The van der Waals surface area contributed by atoms with Gasteiger partial charge in [0.05, 0.1) is 5.69 Å². The number of fused-ring (bicyclic) bond motifs is 3. The Labute approximate surface area is 311 Å². The normalized spacial score (nSPS) is 13.3. The summed E-state index contributed by atoms with van der Waals surface area (Å²) in [7, 11) is 0. The molecule has 4 heteroatoms. The van der Waals surface area contributed by atoms with E-state index in [4.69, 9.17) is 0 Å². The fraction of sp³-hybridized carbons (Fsp3) is 0.0612. The summed E-state index contributed by atoms with van der Waals surface area (Å²) in [6.07, 6.45) is 1.04. The molecule has 3 nitrogen and oxygen atoms in total. The SMILES string of the molecule is Cc1ccc(N2c3cccc4c3B(c3ccc(N(c5ccccc5)c5cccc6ccccc56)cc3N4c3ccccc3)c3c2cc2c(C)c3C2)cc1. The van der Waals surface area contributed by atoms with Gasteiger partial charge in [0.1, 0.15) is 0 Å². The van der Waals surface area contributed by atoms with Gasteiger partial charge < -0.3 is 14.7 Å². The van der Waals surface area contributed by atoms with E-state index in [1.807, 2.05) is 0 Å². The molecule has 4 aliphatic rings. The van der Waals surface area contributed by atoms with Crippen LogP contribution in [0, 0.1) is 13.8 Å². The Hall–Kier alpha value is -6.52. The first-order chi connectivity index (χ1) is 26.1. The highest BCUT2D eigenvalue weighted by Crippen LogP contribution is 2.48. The van der Waals surface area contributed by atoms with Gasteiger partial charge in [0.2, 0.25) is 0 Å². The number of hydrogen-bond acceptors (Lipinski definition) is 3. The molecule has 53 heavy (non-hydrogen) atoms. The third-order valence-electron chi connectivity index (χ3n) is 11.7. The zero-order valence-electron chi connectivity index (χ0n) is 29.8. The van der Waals surface area contributed by atoms with Gasteiger partial charge in [-0.1, -0.05) is 103 Å². The highest BCUT2D eigenvalue weighted by molar-refractivity contribution is 7.00. The first-order valence-electron chi connectivity index (χ1n) is 18.6. The molecule has 0 N–H and O–H groups in total. The van der Waals surface area contributed by atoms with Crippen LogP contribution in [0.1, 0.15) is 22.3 Å². The molecule has 12 rings (SSSR count). The van der Waals surface area contributed by atoms with Crippen molar-refractivity contribution in [3.63, 3.8) is 0 Å². The number of para-hydroxylation sites is 2. The Kier molecular flexibility index (Phi) is 6.54. The van der Waals surface area contributed by atoms with Crippen molar-refractivity contribution in [1.82, 2.24) is 0 Å². The maximum atomic E-state index is 2.52. The molecule has 8 aromatic rings. The van der Waals surface area contributed by atoms with Crippen molar-refractivity contribution < 1.29 is 0 Å². The van der Waals surface area contributed by atoms with E-state index >= 15 is 0 Å². The van der Waals surface area contributed by atoms with Gasteiger partial charge in [-0.3, -0.25) is 0 Å². The lowest BCUT2D eigenvalue weighted by molar-refractivity contribution is 1.03. The van der Waals surface area contributed by atoms with Gasteiger partial charge in [-0.15, -0.1) is 0 Å². The second-order valence-electron chi connectivity index (χ2n) is 14.6. The van der Waals surface area contributed by atoms with Crippen molar-refractivity contribution in [2.45, 2.75) is 20.3 Å². The highest BCUT2D eigenvalue weighted by atomic mass is 15.2. The van der Waals surface area contributed by atoms with Crippen molar-refractivity contribution in [2.75, 3.05) is 14.7 Å². The quantitative estimate of drug-likeness (QED) is 0.168. The standard InChI is InChI=1S/C49H36BN3/c1-32-23-25-38(26-24-32)53-45-22-12-21-44-49(45)50(48-41-29-35(33(41)2)30-47(48)53)42-28-27-39(31-46(42)52(44)37-17-7-4-8-18-37)51(36-15-5-3-6-16-36)43-20-11-14-34-13-9-10-19-40(34)43/h3-28,30-31H,29H2,1-2H3. The number of aryl methyl sites for hydroxylation is 2.